The van der Waals surface area contributed by atoms with Gasteiger partial charge in [0.05, 0.1) is 5.69 Å². The number of thiazole rings is 1. The van der Waals surface area contributed by atoms with Gasteiger partial charge in [0.1, 0.15) is 11.7 Å². The summed E-state index contributed by atoms with van der Waals surface area (Å²) < 4.78 is 0. The fourth-order valence-corrected chi connectivity index (χ4v) is 5.21. The Morgan fingerprint density at radius 1 is 1.16 bits per heavy atom. The Morgan fingerprint density at radius 3 is 2.81 bits per heavy atom. The maximum absolute atomic E-state index is 12.6. The van der Waals surface area contributed by atoms with Crippen LogP contribution in [0, 0.1) is 6.92 Å². The van der Waals surface area contributed by atoms with Crippen molar-refractivity contribution in [3.8, 4) is 0 Å². The lowest BCUT2D eigenvalue weighted by Crippen LogP contribution is -2.20. The molecule has 0 unspecified atom stereocenters. The van der Waals surface area contributed by atoms with Crippen molar-refractivity contribution in [3.63, 3.8) is 0 Å². The zero-order valence-corrected chi connectivity index (χ0v) is 19.3. The van der Waals surface area contributed by atoms with Crippen LogP contribution < -0.4 is 10.9 Å². The largest absolute Gasteiger partial charge is 0.320 e. The first-order valence-corrected chi connectivity index (χ1v) is 12.7. The molecule has 1 aliphatic heterocycles. The van der Waals surface area contributed by atoms with Crippen molar-refractivity contribution in [1.29, 1.82) is 0 Å². The molecule has 0 amide bonds. The predicted molar refractivity (Wildman–Crippen MR) is 131 cm³/mol. The molecule has 0 saturated heterocycles. The molecule has 0 saturated carbocycles. The summed E-state index contributed by atoms with van der Waals surface area (Å²) >= 11 is 3.43. The fourth-order valence-electron chi connectivity index (χ4n) is 3.54. The Labute approximate surface area is 190 Å². The van der Waals surface area contributed by atoms with Gasteiger partial charge in [-0.1, -0.05) is 30.3 Å². The molecule has 0 atom stereocenters. The Bertz CT molecular complexity index is 1090. The number of anilines is 1. The van der Waals surface area contributed by atoms with Gasteiger partial charge in [-0.05, 0) is 31.7 Å². The van der Waals surface area contributed by atoms with Crippen LogP contribution in [0.25, 0.3) is 0 Å². The highest BCUT2D eigenvalue weighted by Crippen LogP contribution is 2.21. The Hall–Kier alpha value is -2.45. The molecule has 162 valence electrons. The monoisotopic (exact) mass is 453 g/mol. The van der Waals surface area contributed by atoms with Gasteiger partial charge in [-0.3, -0.25) is 9.79 Å². The summed E-state index contributed by atoms with van der Waals surface area (Å²) in [6.45, 7) is 2.85. The number of nitrogens with zero attached hydrogens (tertiary/aromatic N) is 3. The molecule has 1 aromatic carbocycles. The van der Waals surface area contributed by atoms with Crippen molar-refractivity contribution >= 4 is 34.1 Å². The van der Waals surface area contributed by atoms with Gasteiger partial charge in [-0.25, -0.2) is 9.97 Å². The van der Waals surface area contributed by atoms with Crippen molar-refractivity contribution in [2.75, 3.05) is 17.6 Å². The number of rotatable bonds is 9. The van der Waals surface area contributed by atoms with Gasteiger partial charge in [0.15, 0.2) is 5.13 Å². The normalized spacial score (nSPS) is 13.4. The standard InChI is InChI=1S/C23H27N5OS2/c1-16-19(10-9-17-6-3-2-4-7-17)22(29)27-21(25-16)11-13-30-14-18-15-31-23(26-18)28-20-8-5-12-24-20/h2-4,6-7,15H,5,8-14H2,1H3,(H,24,26,28)(H,25,27,29). The van der Waals surface area contributed by atoms with E-state index in [-0.39, 0.29) is 5.56 Å². The first-order valence-electron chi connectivity index (χ1n) is 10.6. The van der Waals surface area contributed by atoms with Gasteiger partial charge in [0, 0.05) is 47.5 Å². The lowest BCUT2D eigenvalue weighted by atomic mass is 10.0. The highest BCUT2D eigenvalue weighted by molar-refractivity contribution is 7.98. The van der Waals surface area contributed by atoms with E-state index in [9.17, 15) is 4.79 Å². The number of H-pyrrole nitrogens is 1. The topological polar surface area (TPSA) is 83.0 Å². The van der Waals surface area contributed by atoms with Crippen LogP contribution in [0.5, 0.6) is 0 Å². The Kier molecular flexibility index (Phi) is 7.53. The summed E-state index contributed by atoms with van der Waals surface area (Å²) in [6, 6.07) is 10.2. The molecule has 0 spiro atoms. The van der Waals surface area contributed by atoms with Crippen LogP contribution in [0.2, 0.25) is 0 Å². The number of hydrogen-bond donors (Lipinski definition) is 2. The molecule has 1 aliphatic rings. The lowest BCUT2D eigenvalue weighted by Gasteiger charge is -2.07. The third-order valence-electron chi connectivity index (χ3n) is 5.19. The summed E-state index contributed by atoms with van der Waals surface area (Å²) in [5.74, 6) is 3.55. The molecular formula is C23H27N5OS2. The third-order valence-corrected chi connectivity index (χ3v) is 6.99. The van der Waals surface area contributed by atoms with Crippen molar-refractivity contribution in [2.24, 2.45) is 4.99 Å². The highest BCUT2D eigenvalue weighted by atomic mass is 32.2. The van der Waals surface area contributed by atoms with Gasteiger partial charge in [-0.15, -0.1) is 11.3 Å². The van der Waals surface area contributed by atoms with E-state index in [1.54, 1.807) is 23.1 Å². The predicted octanol–water partition coefficient (Wildman–Crippen LogP) is 4.40. The first-order chi connectivity index (χ1) is 15.2. The van der Waals surface area contributed by atoms with Crippen molar-refractivity contribution in [1.82, 2.24) is 15.0 Å². The minimum Gasteiger partial charge on any atom is -0.320 e. The molecule has 8 heteroatoms. The molecule has 0 fully saturated rings. The number of aromatic amines is 1. The molecule has 2 N–H and O–H groups in total. The molecule has 0 radical (unpaired) electrons. The molecule has 0 bridgehead atoms. The van der Waals surface area contributed by atoms with Crippen LogP contribution in [-0.4, -0.2) is 33.1 Å². The van der Waals surface area contributed by atoms with E-state index < -0.39 is 0 Å². The van der Waals surface area contributed by atoms with Gasteiger partial charge >= 0.3 is 0 Å². The van der Waals surface area contributed by atoms with E-state index in [2.05, 4.69) is 42.8 Å². The average Bonchev–Trinajstić information content (AvgIpc) is 3.44. The van der Waals surface area contributed by atoms with Crippen LogP contribution in [0.1, 0.15) is 41.2 Å². The minimum atomic E-state index is -0.00604. The van der Waals surface area contributed by atoms with E-state index in [1.807, 2.05) is 25.1 Å². The second-order valence-electron chi connectivity index (χ2n) is 7.57. The van der Waals surface area contributed by atoms with Crippen molar-refractivity contribution < 1.29 is 0 Å². The number of nitrogens with one attached hydrogen (secondary N) is 2. The second kappa shape index (κ2) is 10.7. The zero-order chi connectivity index (χ0) is 21.5. The molecule has 31 heavy (non-hydrogen) atoms. The summed E-state index contributed by atoms with van der Waals surface area (Å²) in [6.07, 6.45) is 4.43. The quantitative estimate of drug-likeness (QED) is 0.469. The van der Waals surface area contributed by atoms with E-state index in [1.165, 1.54) is 5.56 Å². The van der Waals surface area contributed by atoms with E-state index in [4.69, 9.17) is 0 Å². The number of aryl methyl sites for hydroxylation is 3. The van der Waals surface area contributed by atoms with E-state index in [0.29, 0.717) is 6.42 Å². The van der Waals surface area contributed by atoms with Crippen LogP contribution in [-0.2, 0) is 25.0 Å². The number of aliphatic imine (C=N–C) groups is 1. The van der Waals surface area contributed by atoms with E-state index >= 15 is 0 Å². The van der Waals surface area contributed by atoms with Gasteiger partial charge in [-0.2, -0.15) is 11.8 Å². The molecule has 0 aliphatic carbocycles. The number of benzene rings is 1. The van der Waals surface area contributed by atoms with Crippen LogP contribution in [0.15, 0.2) is 45.5 Å². The summed E-state index contributed by atoms with van der Waals surface area (Å²) in [5.41, 5.74) is 3.93. The van der Waals surface area contributed by atoms with Crippen LogP contribution >= 0.6 is 23.1 Å². The summed E-state index contributed by atoms with van der Waals surface area (Å²) in [4.78, 5) is 29.2. The summed E-state index contributed by atoms with van der Waals surface area (Å²) in [7, 11) is 0. The Morgan fingerprint density at radius 2 is 2.03 bits per heavy atom. The van der Waals surface area contributed by atoms with Crippen molar-refractivity contribution in [3.05, 3.63) is 74.4 Å². The minimum absolute atomic E-state index is 0.00604. The van der Waals surface area contributed by atoms with Gasteiger partial charge in [0.25, 0.3) is 5.56 Å². The third kappa shape index (κ3) is 6.27. The first kappa shape index (κ1) is 21.8. The number of aromatic nitrogens is 3. The van der Waals surface area contributed by atoms with Gasteiger partial charge < -0.3 is 10.3 Å². The molecule has 2 aromatic heterocycles. The highest BCUT2D eigenvalue weighted by Gasteiger charge is 2.10. The average molecular weight is 454 g/mol. The molecule has 6 nitrogen and oxygen atoms in total. The second-order valence-corrected chi connectivity index (χ2v) is 9.53. The molecular weight excluding hydrogens is 426 g/mol. The molecule has 3 heterocycles. The van der Waals surface area contributed by atoms with Gasteiger partial charge in [0.2, 0.25) is 0 Å². The smallest absolute Gasteiger partial charge is 0.254 e. The van der Waals surface area contributed by atoms with E-state index in [0.717, 1.165) is 77.5 Å². The number of amidine groups is 1. The molecule has 4 rings (SSSR count). The fraction of sp³-hybridized carbons (Fsp3) is 0.391. The number of hydrogen-bond acceptors (Lipinski definition) is 7. The SMILES string of the molecule is Cc1nc(CCSCc2csc(NC3=NCCC3)n2)[nH]c(=O)c1CCc1ccccc1. The maximum Gasteiger partial charge on any atom is 0.254 e. The van der Waals surface area contributed by atoms with Crippen LogP contribution in [0.4, 0.5) is 5.13 Å². The Balaban J connectivity index is 1.24. The van der Waals surface area contributed by atoms with Crippen molar-refractivity contribution in [2.45, 2.75) is 44.8 Å². The molecule has 3 aromatic rings. The maximum atomic E-state index is 12.6. The number of thioether (sulfide) groups is 1. The summed E-state index contributed by atoms with van der Waals surface area (Å²) in [5, 5.41) is 6.33. The lowest BCUT2D eigenvalue weighted by molar-refractivity contribution is 0.840. The zero-order valence-electron chi connectivity index (χ0n) is 17.7. The van der Waals surface area contributed by atoms with Crippen LogP contribution in [0.3, 0.4) is 0 Å².